The predicted molar refractivity (Wildman–Crippen MR) is 50.6 cm³/mol. The van der Waals surface area contributed by atoms with Crippen molar-refractivity contribution in [3.8, 4) is 0 Å². The van der Waals surface area contributed by atoms with Gasteiger partial charge in [0.05, 0.1) is 11.9 Å². The Hall–Kier alpha value is 1.47. The van der Waals surface area contributed by atoms with Crippen LogP contribution in [0.15, 0.2) is 0 Å². The van der Waals surface area contributed by atoms with E-state index in [0.29, 0.717) is 0 Å². The summed E-state index contributed by atoms with van der Waals surface area (Å²) in [7, 11) is -10.1. The zero-order chi connectivity index (χ0) is 17.3. The summed E-state index contributed by atoms with van der Waals surface area (Å²) in [5.74, 6) is -4.12. The largest absolute Gasteiger partial charge is 3.00 e. The minimum absolute atomic E-state index is 0. The van der Waals surface area contributed by atoms with Crippen LogP contribution in [0.2, 0.25) is 0 Å². The second kappa shape index (κ2) is 18.3. The van der Waals surface area contributed by atoms with Gasteiger partial charge in [-0.2, -0.15) is 0 Å². The normalized spacial score (nSPS) is 11.9. The zero-order valence-electron chi connectivity index (χ0n) is 11.4. The van der Waals surface area contributed by atoms with Gasteiger partial charge in [0.25, 0.3) is 0 Å². The fraction of sp³-hybridized carbons (Fsp3) is 0.500. The molecule has 0 amide bonds. The van der Waals surface area contributed by atoms with E-state index in [1.165, 1.54) is 0 Å². The third kappa shape index (κ3) is 59.6. The Morgan fingerprint density at radius 1 is 0.783 bits per heavy atom. The van der Waals surface area contributed by atoms with Gasteiger partial charge in [-0.15, -0.1) is 0 Å². The molecule has 0 aromatic carbocycles. The number of hydrogen-bond acceptors (Lipinski definition) is 13. The average molecular weight is 502 g/mol. The van der Waals surface area contributed by atoms with Crippen LogP contribution < -0.4 is 69.3 Å². The molecule has 23 heavy (non-hydrogen) atoms. The number of carboxylic acids is 2. The molecule has 0 aliphatic heterocycles. The number of aliphatic hydroxyl groups is 2. The van der Waals surface area contributed by atoms with E-state index < -0.39 is 44.9 Å². The van der Waals surface area contributed by atoms with Crippen molar-refractivity contribution in [2.24, 2.45) is 0 Å². The summed E-state index contributed by atoms with van der Waals surface area (Å²) >= 11 is 0. The van der Waals surface area contributed by atoms with Crippen molar-refractivity contribution in [1.82, 2.24) is 0 Å². The molecule has 0 aromatic rings. The van der Waals surface area contributed by atoms with Crippen molar-refractivity contribution in [2.75, 3.05) is 0 Å². The number of aliphatic hydroxyl groups excluding tert-OH is 2. The van der Waals surface area contributed by atoms with Gasteiger partial charge in [-0.3, -0.25) is 13.0 Å². The molecular weight excluding hydrogens is 497 g/mol. The third-order valence-corrected chi connectivity index (χ3v) is 0.782. The molecule has 0 aliphatic carbocycles. The van der Waals surface area contributed by atoms with Crippen molar-refractivity contribution in [2.45, 2.75) is 12.2 Å². The SMILES string of the molecule is O=C([O-])C(O)C(O)C(=O)[O-].O=S(=O)([O-])O.O=S(=O)([O-])[O-].[In+3].[Na+].[Na+]. The van der Waals surface area contributed by atoms with Crippen LogP contribution in [0.4, 0.5) is 0 Å². The number of rotatable bonds is 3. The first-order valence-electron chi connectivity index (χ1n) is 3.59. The zero-order valence-corrected chi connectivity index (χ0v) is 20.3. The topological polar surface area (TPSA) is 278 Å². The minimum atomic E-state index is -5.17. The molecule has 3 N–H and O–H groups in total. The Bertz CT molecular complexity index is 451. The molecule has 0 heterocycles. The van der Waals surface area contributed by atoms with Crippen LogP contribution in [0.1, 0.15) is 0 Å². The molecule has 0 saturated heterocycles. The van der Waals surface area contributed by atoms with E-state index in [1.54, 1.807) is 0 Å². The summed E-state index contributed by atoms with van der Waals surface area (Å²) in [5.41, 5.74) is 0. The molecule has 0 radical (unpaired) electrons. The standard InChI is InChI=1S/C4H6O6.In.2Na.2H2O4S/c5-1(3(7)8)2(6)4(9)10;;;;2*1-5(2,3)4/h1-2,5-6H,(H,7,8)(H,9,10);;;;2*(H2,1,2,3,4)/q;+3;2*+1;;/p-5. The first-order valence-corrected chi connectivity index (χ1v) is 6.29. The Morgan fingerprint density at radius 3 is 0.913 bits per heavy atom. The van der Waals surface area contributed by atoms with Gasteiger partial charge in [0.2, 0.25) is 10.4 Å². The predicted octanol–water partition coefficient (Wildman–Crippen LogP) is -13.5. The van der Waals surface area contributed by atoms with Crippen molar-refractivity contribution in [1.29, 1.82) is 0 Å². The van der Waals surface area contributed by atoms with Crippen molar-refractivity contribution in [3.05, 3.63) is 0 Å². The maximum atomic E-state index is 9.63. The fourth-order valence-corrected chi connectivity index (χ4v) is 0.258. The molecule has 14 nitrogen and oxygen atoms in total. The number of aliphatic carboxylic acids is 2. The van der Waals surface area contributed by atoms with Crippen LogP contribution >= 0.6 is 0 Å². The van der Waals surface area contributed by atoms with E-state index in [2.05, 4.69) is 0 Å². The van der Waals surface area contributed by atoms with Gasteiger partial charge in [0, 0.05) is 10.4 Å². The van der Waals surface area contributed by atoms with Crippen LogP contribution in [0.25, 0.3) is 0 Å². The molecule has 0 fully saturated rings. The van der Waals surface area contributed by atoms with E-state index in [9.17, 15) is 19.8 Å². The first kappa shape index (κ1) is 39.5. The summed E-state index contributed by atoms with van der Waals surface area (Å²) in [4.78, 5) is 19.3. The Morgan fingerprint density at radius 2 is 0.870 bits per heavy atom. The number of carbonyl (C=O) groups excluding carboxylic acids is 2. The van der Waals surface area contributed by atoms with Gasteiger partial charge in [0.15, 0.2) is 0 Å². The summed E-state index contributed by atoms with van der Waals surface area (Å²) in [5, 5.41) is 35.7. The molecular formula is C4H5InNa2O14S2. The van der Waals surface area contributed by atoms with Gasteiger partial charge in [0.1, 0.15) is 12.2 Å². The van der Waals surface area contributed by atoms with Crippen molar-refractivity contribution < 1.29 is 124 Å². The Kier molecular flexibility index (Phi) is 31.4. The van der Waals surface area contributed by atoms with Crippen molar-refractivity contribution >= 4 is 58.6 Å². The van der Waals surface area contributed by atoms with Gasteiger partial charge in [-0.05, 0) is 0 Å². The Labute approximate surface area is 192 Å². The van der Waals surface area contributed by atoms with Gasteiger partial charge in [-0.25, -0.2) is 8.42 Å². The van der Waals surface area contributed by atoms with Gasteiger partial charge < -0.3 is 43.7 Å². The number of carboxylic acid groups (broad SMARTS) is 2. The second-order valence-corrected chi connectivity index (χ2v) is 4.04. The fourth-order valence-electron chi connectivity index (χ4n) is 0.258. The Balaban J connectivity index is -0.0000000483. The van der Waals surface area contributed by atoms with E-state index in [0.717, 1.165) is 0 Å². The quantitative estimate of drug-likeness (QED) is 0.184. The van der Waals surface area contributed by atoms with Crippen molar-refractivity contribution in [3.63, 3.8) is 0 Å². The smallest absolute Gasteiger partial charge is 0.759 e. The van der Waals surface area contributed by atoms with Crippen LogP contribution in [0.3, 0.4) is 0 Å². The number of carbonyl (C=O) groups is 2. The molecule has 2 atom stereocenters. The second-order valence-electron chi connectivity index (χ2n) is 2.36. The molecule has 0 saturated carbocycles. The molecule has 0 rings (SSSR count). The maximum Gasteiger partial charge on any atom is 3.00 e. The molecule has 122 valence electrons. The van der Waals surface area contributed by atoms with Gasteiger partial charge in [-0.1, -0.05) is 0 Å². The third-order valence-electron chi connectivity index (χ3n) is 0.782. The molecule has 0 aliphatic rings. The monoisotopic (exact) mass is 502 g/mol. The molecule has 0 bridgehead atoms. The average Bonchev–Trinajstić information content (AvgIpc) is 2.09. The maximum absolute atomic E-state index is 9.63. The summed E-state index contributed by atoms with van der Waals surface area (Å²) in [6, 6.07) is 0. The van der Waals surface area contributed by atoms with Crippen LogP contribution in [-0.2, 0) is 30.4 Å². The summed E-state index contributed by atoms with van der Waals surface area (Å²) < 4.78 is 66.9. The molecule has 0 spiro atoms. The summed E-state index contributed by atoms with van der Waals surface area (Å²) in [6.07, 6.45) is -4.88. The molecule has 0 aromatic heterocycles. The first-order chi connectivity index (χ1) is 8.46. The van der Waals surface area contributed by atoms with E-state index >= 15 is 0 Å². The molecule has 2 unspecified atom stereocenters. The van der Waals surface area contributed by atoms with E-state index in [1.807, 2.05) is 0 Å². The number of hydrogen-bond donors (Lipinski definition) is 3. The molecule has 19 heteroatoms. The summed E-state index contributed by atoms with van der Waals surface area (Å²) in [6.45, 7) is 0. The van der Waals surface area contributed by atoms with Crippen LogP contribution in [0, 0.1) is 0 Å². The van der Waals surface area contributed by atoms with Gasteiger partial charge >= 0.3 is 85.0 Å². The van der Waals surface area contributed by atoms with Crippen LogP contribution in [0.5, 0.6) is 0 Å². The minimum Gasteiger partial charge on any atom is -0.759 e. The van der Waals surface area contributed by atoms with Crippen LogP contribution in [-0.4, -0.2) is 95.2 Å². The van der Waals surface area contributed by atoms with E-state index in [-0.39, 0.29) is 85.0 Å². The van der Waals surface area contributed by atoms with E-state index in [4.69, 9.17) is 45.3 Å².